The van der Waals surface area contributed by atoms with Gasteiger partial charge in [0.1, 0.15) is 0 Å². The predicted molar refractivity (Wildman–Crippen MR) is 41.8 cm³/mol. The van der Waals surface area contributed by atoms with E-state index in [4.69, 9.17) is 10.2 Å². The molecule has 4 nitrogen and oxygen atoms in total. The summed E-state index contributed by atoms with van der Waals surface area (Å²) in [6.07, 6.45) is -1.24. The Morgan fingerprint density at radius 3 is 2.57 bits per heavy atom. The number of carboxylic acid groups (broad SMARTS) is 1. The summed E-state index contributed by atoms with van der Waals surface area (Å²) in [6, 6.07) is 3.97. The quantitative estimate of drug-likeness (QED) is 0.763. The number of aliphatic hydroxyl groups excluding tert-OH is 1. The summed E-state index contributed by atoms with van der Waals surface area (Å²) < 4.78 is 25.5. The van der Waals surface area contributed by atoms with E-state index in [0.717, 1.165) is 6.07 Å². The first-order chi connectivity index (χ1) is 6.46. The largest absolute Gasteiger partial charge is 0.477 e. The van der Waals surface area contributed by atoms with Gasteiger partial charge in [0.25, 0.3) is 0 Å². The lowest BCUT2D eigenvalue weighted by molar-refractivity contribution is -0.183. The number of nitrogens with zero attached hydrogens (tertiary/aromatic N) is 1. The summed E-state index contributed by atoms with van der Waals surface area (Å²) in [6.45, 7) is 0. The monoisotopic (exact) mass is 203 g/mol. The molecule has 0 radical (unpaired) electrons. The minimum Gasteiger partial charge on any atom is -0.477 e. The number of aliphatic carboxylic acids is 1. The molecule has 0 saturated heterocycles. The van der Waals surface area contributed by atoms with Gasteiger partial charge in [0.05, 0.1) is 5.69 Å². The van der Waals surface area contributed by atoms with Crippen molar-refractivity contribution in [3.8, 4) is 0 Å². The normalized spacial score (nSPS) is 13.6. The molecule has 0 saturated carbocycles. The lowest BCUT2D eigenvalue weighted by Crippen LogP contribution is -2.35. The van der Waals surface area contributed by atoms with Crippen LogP contribution in [-0.4, -0.2) is 27.1 Å². The molecule has 1 atom stereocenters. The van der Waals surface area contributed by atoms with Gasteiger partial charge in [-0.1, -0.05) is 6.07 Å². The van der Waals surface area contributed by atoms with Crippen molar-refractivity contribution in [3.63, 3.8) is 0 Å². The predicted octanol–water partition coefficient (Wildman–Crippen LogP) is 0.835. The maximum Gasteiger partial charge on any atom is 0.377 e. The van der Waals surface area contributed by atoms with Crippen LogP contribution in [0.15, 0.2) is 24.4 Å². The van der Waals surface area contributed by atoms with Gasteiger partial charge in [0, 0.05) is 6.20 Å². The molecule has 0 aliphatic rings. The number of aliphatic hydroxyl groups is 1. The Labute approximate surface area is 77.8 Å². The number of halogens is 2. The summed E-state index contributed by atoms with van der Waals surface area (Å²) in [5, 5.41) is 17.2. The SMILES string of the molecule is O=C(O)C(F)(F)C(O)c1ccccn1. The fourth-order valence-corrected chi connectivity index (χ4v) is 0.840. The van der Waals surface area contributed by atoms with Gasteiger partial charge < -0.3 is 10.2 Å². The molecule has 0 aliphatic carbocycles. The third kappa shape index (κ3) is 1.85. The first-order valence-electron chi connectivity index (χ1n) is 3.66. The first kappa shape index (κ1) is 10.5. The molecular formula is C8H7F2NO3. The van der Waals surface area contributed by atoms with Gasteiger partial charge >= 0.3 is 11.9 Å². The molecule has 0 aromatic carbocycles. The van der Waals surface area contributed by atoms with Crippen molar-refractivity contribution in [1.29, 1.82) is 0 Å². The second-order valence-electron chi connectivity index (χ2n) is 2.59. The van der Waals surface area contributed by atoms with E-state index in [1.807, 2.05) is 0 Å². The molecule has 76 valence electrons. The Morgan fingerprint density at radius 2 is 2.14 bits per heavy atom. The fourth-order valence-electron chi connectivity index (χ4n) is 0.840. The summed E-state index contributed by atoms with van der Waals surface area (Å²) in [5.41, 5.74) is -0.375. The fraction of sp³-hybridized carbons (Fsp3) is 0.250. The van der Waals surface area contributed by atoms with E-state index >= 15 is 0 Å². The molecule has 1 heterocycles. The highest BCUT2D eigenvalue weighted by molar-refractivity contribution is 5.76. The van der Waals surface area contributed by atoms with Crippen molar-refractivity contribution in [2.45, 2.75) is 12.0 Å². The number of carboxylic acids is 1. The smallest absolute Gasteiger partial charge is 0.377 e. The number of alkyl halides is 2. The van der Waals surface area contributed by atoms with Crippen molar-refractivity contribution in [1.82, 2.24) is 4.98 Å². The number of rotatable bonds is 3. The number of hydrogen-bond acceptors (Lipinski definition) is 3. The average Bonchev–Trinajstić information content (AvgIpc) is 2.17. The van der Waals surface area contributed by atoms with Crippen molar-refractivity contribution in [3.05, 3.63) is 30.1 Å². The topological polar surface area (TPSA) is 70.4 Å². The Bertz CT molecular complexity index is 329. The van der Waals surface area contributed by atoms with Gasteiger partial charge in [-0.25, -0.2) is 4.79 Å². The molecule has 14 heavy (non-hydrogen) atoms. The van der Waals surface area contributed by atoms with Crippen LogP contribution in [0.2, 0.25) is 0 Å². The van der Waals surface area contributed by atoms with Crippen molar-refractivity contribution >= 4 is 5.97 Å². The lowest BCUT2D eigenvalue weighted by Gasteiger charge is -2.17. The molecule has 6 heteroatoms. The van der Waals surface area contributed by atoms with E-state index in [-0.39, 0.29) is 5.69 Å². The molecule has 0 aliphatic heterocycles. The van der Waals surface area contributed by atoms with Crippen LogP contribution in [0.5, 0.6) is 0 Å². The molecule has 0 fully saturated rings. The molecule has 1 unspecified atom stereocenters. The van der Waals surface area contributed by atoms with Gasteiger partial charge in [-0.05, 0) is 12.1 Å². The van der Waals surface area contributed by atoms with Crippen LogP contribution >= 0.6 is 0 Å². The maximum atomic E-state index is 12.7. The van der Waals surface area contributed by atoms with E-state index in [2.05, 4.69) is 4.98 Å². The van der Waals surface area contributed by atoms with Crippen molar-refractivity contribution in [2.24, 2.45) is 0 Å². The molecule has 0 bridgehead atoms. The zero-order valence-corrected chi connectivity index (χ0v) is 6.89. The number of hydrogen-bond donors (Lipinski definition) is 2. The van der Waals surface area contributed by atoms with Crippen LogP contribution in [0.1, 0.15) is 11.8 Å². The van der Waals surface area contributed by atoms with Crippen LogP contribution in [0.3, 0.4) is 0 Å². The third-order valence-corrected chi connectivity index (χ3v) is 1.60. The Morgan fingerprint density at radius 1 is 1.50 bits per heavy atom. The number of pyridine rings is 1. The Balaban J connectivity index is 2.96. The second-order valence-corrected chi connectivity index (χ2v) is 2.59. The summed E-state index contributed by atoms with van der Waals surface area (Å²) >= 11 is 0. The van der Waals surface area contributed by atoms with Crippen molar-refractivity contribution in [2.75, 3.05) is 0 Å². The first-order valence-corrected chi connectivity index (χ1v) is 3.66. The molecule has 1 rings (SSSR count). The van der Waals surface area contributed by atoms with Gasteiger partial charge in [0.15, 0.2) is 6.10 Å². The van der Waals surface area contributed by atoms with Gasteiger partial charge in [-0.15, -0.1) is 0 Å². The van der Waals surface area contributed by atoms with Crippen LogP contribution in [0.25, 0.3) is 0 Å². The van der Waals surface area contributed by atoms with Gasteiger partial charge in [-0.2, -0.15) is 8.78 Å². The minimum absolute atomic E-state index is 0.375. The average molecular weight is 203 g/mol. The highest BCUT2D eigenvalue weighted by Gasteiger charge is 2.48. The molecule has 0 amide bonds. The summed E-state index contributed by atoms with van der Waals surface area (Å²) in [7, 11) is 0. The summed E-state index contributed by atoms with van der Waals surface area (Å²) in [5.74, 6) is -6.61. The van der Waals surface area contributed by atoms with Crippen LogP contribution in [0.4, 0.5) is 8.78 Å². The van der Waals surface area contributed by atoms with Gasteiger partial charge in [0.2, 0.25) is 0 Å². The third-order valence-electron chi connectivity index (χ3n) is 1.60. The van der Waals surface area contributed by atoms with Crippen LogP contribution < -0.4 is 0 Å². The second kappa shape index (κ2) is 3.67. The Hall–Kier alpha value is -1.56. The number of aromatic nitrogens is 1. The van der Waals surface area contributed by atoms with Crippen LogP contribution in [0, 0.1) is 0 Å². The van der Waals surface area contributed by atoms with E-state index in [0.29, 0.717) is 0 Å². The van der Waals surface area contributed by atoms with E-state index in [1.165, 1.54) is 18.3 Å². The minimum atomic E-state index is -4.23. The highest BCUT2D eigenvalue weighted by Crippen LogP contribution is 2.29. The molecular weight excluding hydrogens is 196 g/mol. The zero-order valence-electron chi connectivity index (χ0n) is 6.89. The lowest BCUT2D eigenvalue weighted by atomic mass is 10.1. The highest BCUT2D eigenvalue weighted by atomic mass is 19.3. The number of carbonyl (C=O) groups is 1. The standard InChI is InChI=1S/C8H7F2NO3/c9-8(10,7(13)14)6(12)5-3-1-2-4-11-5/h1-4,6,12H,(H,13,14). The van der Waals surface area contributed by atoms with E-state index < -0.39 is 18.0 Å². The van der Waals surface area contributed by atoms with E-state index in [1.54, 1.807) is 0 Å². The van der Waals surface area contributed by atoms with Gasteiger partial charge in [-0.3, -0.25) is 4.98 Å². The van der Waals surface area contributed by atoms with Crippen molar-refractivity contribution < 1.29 is 23.8 Å². The van der Waals surface area contributed by atoms with Crippen LogP contribution in [-0.2, 0) is 4.79 Å². The molecule has 1 aromatic heterocycles. The Kier molecular flexibility index (Phi) is 2.76. The zero-order chi connectivity index (χ0) is 10.8. The molecule has 1 aromatic rings. The molecule has 0 spiro atoms. The maximum absolute atomic E-state index is 12.7. The molecule has 2 N–H and O–H groups in total. The summed E-state index contributed by atoms with van der Waals surface area (Å²) in [4.78, 5) is 13.5. The van der Waals surface area contributed by atoms with E-state index in [9.17, 15) is 13.6 Å².